The van der Waals surface area contributed by atoms with E-state index in [4.69, 9.17) is 11.6 Å². The number of fused-ring (bicyclic) bond motifs is 1. The molecule has 0 saturated carbocycles. The molecule has 3 aromatic rings. The Morgan fingerprint density at radius 2 is 1.70 bits per heavy atom. The molecule has 0 aliphatic rings. The first-order chi connectivity index (χ1) is 13.0. The molecular weight excluding hydrogens is 368 g/mol. The van der Waals surface area contributed by atoms with E-state index in [1.807, 2.05) is 0 Å². The number of halogens is 1. The van der Waals surface area contributed by atoms with E-state index in [0.29, 0.717) is 15.9 Å². The zero-order chi connectivity index (χ0) is 19.2. The van der Waals surface area contributed by atoms with E-state index >= 15 is 0 Å². The van der Waals surface area contributed by atoms with E-state index in [1.165, 1.54) is 10.9 Å². The number of amides is 2. The van der Waals surface area contributed by atoms with E-state index in [9.17, 15) is 14.4 Å². The highest BCUT2D eigenvalue weighted by Gasteiger charge is 2.08. The molecule has 2 aromatic carbocycles. The van der Waals surface area contributed by atoms with Gasteiger partial charge in [-0.05, 0) is 29.8 Å². The summed E-state index contributed by atoms with van der Waals surface area (Å²) in [4.78, 5) is 40.3. The first-order valence-electron chi connectivity index (χ1n) is 8.29. The Morgan fingerprint density at radius 1 is 1.00 bits per heavy atom. The Hall–Kier alpha value is -3.19. The lowest BCUT2D eigenvalue weighted by Gasteiger charge is -2.09. The van der Waals surface area contributed by atoms with Crippen LogP contribution in [0, 0.1) is 0 Å². The summed E-state index contributed by atoms with van der Waals surface area (Å²) >= 11 is 5.79. The predicted molar refractivity (Wildman–Crippen MR) is 102 cm³/mol. The fourth-order valence-corrected chi connectivity index (χ4v) is 2.65. The minimum atomic E-state index is -0.403. The van der Waals surface area contributed by atoms with Gasteiger partial charge in [0.1, 0.15) is 0 Å². The molecule has 0 aliphatic heterocycles. The van der Waals surface area contributed by atoms with Crippen LogP contribution < -0.4 is 16.4 Å². The average Bonchev–Trinajstić information content (AvgIpc) is 2.68. The van der Waals surface area contributed by atoms with Gasteiger partial charge in [-0.15, -0.1) is 0 Å². The van der Waals surface area contributed by atoms with Crippen molar-refractivity contribution >= 4 is 34.3 Å². The van der Waals surface area contributed by atoms with Crippen molar-refractivity contribution in [2.24, 2.45) is 0 Å². The molecule has 138 valence electrons. The van der Waals surface area contributed by atoms with Gasteiger partial charge in [-0.3, -0.25) is 29.8 Å². The molecule has 7 nitrogen and oxygen atoms in total. The third-order valence-electron chi connectivity index (χ3n) is 3.93. The summed E-state index contributed by atoms with van der Waals surface area (Å²) in [7, 11) is 0. The second kappa shape index (κ2) is 8.46. The normalized spacial score (nSPS) is 10.6. The number of para-hydroxylation sites is 1. The number of nitrogens with one attached hydrogen (secondary N) is 2. The largest absolute Gasteiger partial charge is 0.298 e. The van der Waals surface area contributed by atoms with Crippen LogP contribution in [0.5, 0.6) is 0 Å². The Labute approximate surface area is 160 Å². The smallest absolute Gasteiger partial charge is 0.261 e. The molecule has 1 aromatic heterocycles. The topological polar surface area (TPSA) is 93.1 Å². The maximum absolute atomic E-state index is 12.3. The molecule has 2 amide bonds. The first-order valence-corrected chi connectivity index (χ1v) is 8.67. The molecule has 0 spiro atoms. The number of hydrogen-bond donors (Lipinski definition) is 2. The van der Waals surface area contributed by atoms with Crippen LogP contribution in [0.1, 0.15) is 12.0 Å². The van der Waals surface area contributed by atoms with E-state index in [0.717, 1.165) is 5.56 Å². The number of hydrazine groups is 1. The maximum atomic E-state index is 12.3. The SMILES string of the molecule is O=C(CCn1cnc2ccccc2c1=O)NNC(=O)Cc1ccc(Cl)cc1. The van der Waals surface area contributed by atoms with Crippen molar-refractivity contribution < 1.29 is 9.59 Å². The van der Waals surface area contributed by atoms with Gasteiger partial charge in [-0.1, -0.05) is 35.9 Å². The highest BCUT2D eigenvalue weighted by Crippen LogP contribution is 2.09. The van der Waals surface area contributed by atoms with Crippen LogP contribution in [0.2, 0.25) is 5.02 Å². The van der Waals surface area contributed by atoms with E-state index in [1.54, 1.807) is 48.5 Å². The van der Waals surface area contributed by atoms with Crippen molar-refractivity contribution in [1.82, 2.24) is 20.4 Å². The average molecular weight is 385 g/mol. The van der Waals surface area contributed by atoms with Crippen molar-refractivity contribution in [3.8, 4) is 0 Å². The molecule has 0 bridgehead atoms. The molecule has 8 heteroatoms. The highest BCUT2D eigenvalue weighted by atomic mass is 35.5. The number of aromatic nitrogens is 2. The van der Waals surface area contributed by atoms with Crippen molar-refractivity contribution in [1.29, 1.82) is 0 Å². The van der Waals surface area contributed by atoms with Gasteiger partial charge in [0.15, 0.2) is 0 Å². The molecule has 0 radical (unpaired) electrons. The van der Waals surface area contributed by atoms with E-state index in [2.05, 4.69) is 15.8 Å². The molecule has 0 aliphatic carbocycles. The lowest BCUT2D eigenvalue weighted by molar-refractivity contribution is -0.128. The zero-order valence-corrected chi connectivity index (χ0v) is 15.1. The summed E-state index contributed by atoms with van der Waals surface area (Å²) < 4.78 is 1.37. The van der Waals surface area contributed by atoms with Crippen LogP contribution in [0.4, 0.5) is 0 Å². The Balaban J connectivity index is 1.50. The second-order valence-corrected chi connectivity index (χ2v) is 6.35. The summed E-state index contributed by atoms with van der Waals surface area (Å²) in [6, 6.07) is 13.9. The lowest BCUT2D eigenvalue weighted by Crippen LogP contribution is -2.42. The number of rotatable bonds is 5. The van der Waals surface area contributed by atoms with Gasteiger partial charge >= 0.3 is 0 Å². The minimum absolute atomic E-state index is 0.0289. The molecule has 1 heterocycles. The molecule has 0 saturated heterocycles. The van der Waals surface area contributed by atoms with Crippen LogP contribution in [0.3, 0.4) is 0 Å². The minimum Gasteiger partial charge on any atom is -0.298 e. The van der Waals surface area contributed by atoms with Gasteiger partial charge in [0.25, 0.3) is 5.56 Å². The third kappa shape index (κ3) is 4.92. The fourth-order valence-electron chi connectivity index (χ4n) is 2.52. The lowest BCUT2D eigenvalue weighted by atomic mass is 10.1. The fraction of sp³-hybridized carbons (Fsp3) is 0.158. The van der Waals surface area contributed by atoms with Crippen molar-refractivity contribution in [2.75, 3.05) is 0 Å². The monoisotopic (exact) mass is 384 g/mol. The summed E-state index contributed by atoms with van der Waals surface area (Å²) in [5, 5.41) is 1.09. The zero-order valence-electron chi connectivity index (χ0n) is 14.3. The molecule has 0 fully saturated rings. The van der Waals surface area contributed by atoms with Crippen LogP contribution in [0.15, 0.2) is 59.7 Å². The van der Waals surface area contributed by atoms with Crippen molar-refractivity contribution in [2.45, 2.75) is 19.4 Å². The predicted octanol–water partition coefficient (Wildman–Crippen LogP) is 1.83. The first kappa shape index (κ1) is 18.6. The van der Waals surface area contributed by atoms with E-state index < -0.39 is 5.91 Å². The Bertz CT molecular complexity index is 1030. The second-order valence-electron chi connectivity index (χ2n) is 5.91. The van der Waals surface area contributed by atoms with Gasteiger partial charge in [-0.2, -0.15) is 0 Å². The van der Waals surface area contributed by atoms with Gasteiger partial charge in [0, 0.05) is 18.0 Å². The third-order valence-corrected chi connectivity index (χ3v) is 4.18. The van der Waals surface area contributed by atoms with Gasteiger partial charge in [-0.25, -0.2) is 4.98 Å². The Morgan fingerprint density at radius 3 is 2.48 bits per heavy atom. The number of aryl methyl sites for hydroxylation is 1. The van der Waals surface area contributed by atoms with Gasteiger partial charge in [0.05, 0.1) is 23.7 Å². The maximum Gasteiger partial charge on any atom is 0.261 e. The number of hydrogen-bond acceptors (Lipinski definition) is 4. The molecular formula is C19H17ClN4O3. The number of carbonyl (C=O) groups excluding carboxylic acids is 2. The van der Waals surface area contributed by atoms with Crippen LogP contribution >= 0.6 is 11.6 Å². The quantitative estimate of drug-likeness (QED) is 0.656. The summed E-state index contributed by atoms with van der Waals surface area (Å²) in [5.74, 6) is -0.755. The van der Waals surface area contributed by atoms with Crippen LogP contribution in [-0.4, -0.2) is 21.4 Å². The van der Waals surface area contributed by atoms with Crippen molar-refractivity contribution in [3.05, 3.63) is 75.8 Å². The summed E-state index contributed by atoms with van der Waals surface area (Å²) in [5.41, 5.74) is 5.87. The van der Waals surface area contributed by atoms with Crippen molar-refractivity contribution in [3.63, 3.8) is 0 Å². The standard InChI is InChI=1S/C19H17ClN4O3/c20-14-7-5-13(6-8-14)11-18(26)23-22-17(25)9-10-24-12-21-16-4-2-1-3-15(16)19(24)27/h1-8,12H,9-11H2,(H,22,25)(H,23,26). The van der Waals surface area contributed by atoms with Gasteiger partial charge < -0.3 is 0 Å². The van der Waals surface area contributed by atoms with Crippen LogP contribution in [-0.2, 0) is 22.6 Å². The molecule has 27 heavy (non-hydrogen) atoms. The summed E-state index contributed by atoms with van der Waals surface area (Å²) in [6.45, 7) is 0.162. The van der Waals surface area contributed by atoms with Crippen LogP contribution in [0.25, 0.3) is 10.9 Å². The molecule has 3 rings (SSSR count). The number of nitrogens with zero attached hydrogens (tertiary/aromatic N) is 2. The molecule has 2 N–H and O–H groups in total. The van der Waals surface area contributed by atoms with Gasteiger partial charge in [0.2, 0.25) is 11.8 Å². The Kier molecular flexibility index (Phi) is 5.83. The number of benzene rings is 2. The number of carbonyl (C=O) groups is 2. The molecule has 0 unspecified atom stereocenters. The highest BCUT2D eigenvalue weighted by molar-refractivity contribution is 6.30. The molecule has 0 atom stereocenters. The summed E-state index contributed by atoms with van der Waals surface area (Å²) in [6.07, 6.45) is 1.56. The van der Waals surface area contributed by atoms with E-state index in [-0.39, 0.29) is 30.9 Å².